The molecular formula is C22H25N3O5S. The van der Waals surface area contributed by atoms with Crippen molar-refractivity contribution in [2.24, 2.45) is 0 Å². The number of hydrogen-bond donors (Lipinski definition) is 1. The third-order valence-corrected chi connectivity index (χ3v) is 7.56. The van der Waals surface area contributed by atoms with Crippen LogP contribution in [0.5, 0.6) is 5.75 Å². The maximum atomic E-state index is 12.6. The highest BCUT2D eigenvalue weighted by atomic mass is 32.2. The second kappa shape index (κ2) is 8.68. The van der Waals surface area contributed by atoms with Gasteiger partial charge in [-0.15, -0.1) is 0 Å². The summed E-state index contributed by atoms with van der Waals surface area (Å²) >= 11 is 0. The SMILES string of the molecule is COc1cccc(N2C[C@@H](NC(=O)c3ccc(S(=O)(=O)N4CCCC4)cc3)CC2=O)c1. The van der Waals surface area contributed by atoms with Gasteiger partial charge < -0.3 is 15.0 Å². The van der Waals surface area contributed by atoms with Crippen molar-refractivity contribution in [2.75, 3.05) is 31.6 Å². The van der Waals surface area contributed by atoms with Crippen LogP contribution in [0.25, 0.3) is 0 Å². The predicted molar refractivity (Wildman–Crippen MR) is 116 cm³/mol. The molecule has 2 amide bonds. The van der Waals surface area contributed by atoms with Crippen LogP contribution >= 0.6 is 0 Å². The number of anilines is 1. The zero-order valence-corrected chi connectivity index (χ0v) is 18.1. The number of ether oxygens (including phenoxy) is 1. The third kappa shape index (κ3) is 4.42. The number of rotatable bonds is 6. The van der Waals surface area contributed by atoms with Gasteiger partial charge in [0.15, 0.2) is 0 Å². The summed E-state index contributed by atoms with van der Waals surface area (Å²) in [6.45, 7) is 1.42. The third-order valence-electron chi connectivity index (χ3n) is 5.64. The fourth-order valence-corrected chi connectivity index (χ4v) is 5.47. The number of methoxy groups -OCH3 is 1. The topological polar surface area (TPSA) is 96.0 Å². The number of nitrogens with one attached hydrogen (secondary N) is 1. The number of amides is 2. The second-order valence-corrected chi connectivity index (χ2v) is 9.65. The summed E-state index contributed by atoms with van der Waals surface area (Å²) in [5, 5.41) is 2.87. The molecule has 31 heavy (non-hydrogen) atoms. The van der Waals surface area contributed by atoms with E-state index in [0.717, 1.165) is 18.5 Å². The second-order valence-electron chi connectivity index (χ2n) is 7.72. The molecule has 0 aromatic heterocycles. The molecule has 0 unspecified atom stereocenters. The number of carbonyl (C=O) groups excluding carboxylic acids is 2. The van der Waals surface area contributed by atoms with Crippen molar-refractivity contribution < 1.29 is 22.7 Å². The van der Waals surface area contributed by atoms with E-state index >= 15 is 0 Å². The van der Waals surface area contributed by atoms with Crippen molar-refractivity contribution in [1.29, 1.82) is 0 Å². The molecule has 4 rings (SSSR count). The van der Waals surface area contributed by atoms with Gasteiger partial charge in [-0.1, -0.05) is 6.07 Å². The summed E-state index contributed by atoms with van der Waals surface area (Å²) < 4.78 is 31.9. The van der Waals surface area contributed by atoms with Gasteiger partial charge >= 0.3 is 0 Å². The Morgan fingerprint density at radius 3 is 2.48 bits per heavy atom. The van der Waals surface area contributed by atoms with Crippen LogP contribution < -0.4 is 15.0 Å². The lowest BCUT2D eigenvalue weighted by molar-refractivity contribution is -0.117. The normalized spacial score (nSPS) is 19.6. The zero-order valence-electron chi connectivity index (χ0n) is 17.3. The highest BCUT2D eigenvalue weighted by molar-refractivity contribution is 7.89. The molecule has 0 saturated carbocycles. The van der Waals surface area contributed by atoms with Crippen molar-refractivity contribution in [3.05, 3.63) is 54.1 Å². The van der Waals surface area contributed by atoms with Gasteiger partial charge in [-0.05, 0) is 49.2 Å². The Bertz CT molecular complexity index is 1080. The predicted octanol–water partition coefficient (Wildman–Crippen LogP) is 2.01. The first-order valence-corrected chi connectivity index (χ1v) is 11.7. The summed E-state index contributed by atoms with van der Waals surface area (Å²) in [7, 11) is -1.95. The monoisotopic (exact) mass is 443 g/mol. The van der Waals surface area contributed by atoms with E-state index in [4.69, 9.17) is 4.74 Å². The molecule has 0 bridgehead atoms. The van der Waals surface area contributed by atoms with E-state index in [1.165, 1.54) is 28.6 Å². The first kappa shape index (κ1) is 21.3. The quantitative estimate of drug-likeness (QED) is 0.737. The van der Waals surface area contributed by atoms with E-state index in [9.17, 15) is 18.0 Å². The van der Waals surface area contributed by atoms with Gasteiger partial charge in [0.2, 0.25) is 15.9 Å². The molecule has 2 heterocycles. The van der Waals surface area contributed by atoms with Gasteiger partial charge in [-0.2, -0.15) is 4.31 Å². The van der Waals surface area contributed by atoms with Gasteiger partial charge in [0.25, 0.3) is 5.91 Å². The van der Waals surface area contributed by atoms with Crippen LogP contribution in [0, 0.1) is 0 Å². The average Bonchev–Trinajstić information content (AvgIpc) is 3.44. The Balaban J connectivity index is 1.41. The van der Waals surface area contributed by atoms with Crippen molar-refractivity contribution in [3.8, 4) is 5.75 Å². The first-order valence-electron chi connectivity index (χ1n) is 10.2. The summed E-state index contributed by atoms with van der Waals surface area (Å²) in [4.78, 5) is 26.9. The van der Waals surface area contributed by atoms with E-state index in [-0.39, 0.29) is 29.2 Å². The Labute approximate surface area is 181 Å². The molecule has 2 saturated heterocycles. The molecule has 1 atom stereocenters. The minimum absolute atomic E-state index is 0.0781. The highest BCUT2D eigenvalue weighted by Gasteiger charge is 2.32. The Hall–Kier alpha value is -2.91. The Kier molecular flexibility index (Phi) is 5.97. The van der Waals surface area contributed by atoms with E-state index in [2.05, 4.69) is 5.32 Å². The molecule has 1 N–H and O–H groups in total. The largest absolute Gasteiger partial charge is 0.497 e. The minimum atomic E-state index is -3.51. The Morgan fingerprint density at radius 1 is 1.10 bits per heavy atom. The van der Waals surface area contributed by atoms with Gasteiger partial charge in [0.05, 0.1) is 18.0 Å². The molecule has 0 spiro atoms. The van der Waals surface area contributed by atoms with Crippen LogP contribution in [0.1, 0.15) is 29.6 Å². The first-order chi connectivity index (χ1) is 14.9. The van der Waals surface area contributed by atoms with E-state index in [0.29, 0.717) is 30.9 Å². The lowest BCUT2D eigenvalue weighted by atomic mass is 10.2. The summed E-state index contributed by atoms with van der Waals surface area (Å²) in [5.74, 6) is 0.239. The number of benzene rings is 2. The van der Waals surface area contributed by atoms with Gasteiger partial charge in [0, 0.05) is 43.4 Å². The van der Waals surface area contributed by atoms with Gasteiger partial charge in [-0.25, -0.2) is 8.42 Å². The molecule has 2 aromatic carbocycles. The molecule has 2 fully saturated rings. The van der Waals surface area contributed by atoms with Crippen LogP contribution in [-0.4, -0.2) is 57.3 Å². The summed E-state index contributed by atoms with van der Waals surface area (Å²) in [5.41, 5.74) is 1.07. The molecule has 9 heteroatoms. The smallest absolute Gasteiger partial charge is 0.251 e. The molecule has 2 aromatic rings. The average molecular weight is 444 g/mol. The van der Waals surface area contributed by atoms with E-state index in [1.54, 1.807) is 24.1 Å². The van der Waals surface area contributed by atoms with Crippen LogP contribution in [0.15, 0.2) is 53.4 Å². The van der Waals surface area contributed by atoms with Crippen molar-refractivity contribution in [1.82, 2.24) is 9.62 Å². The van der Waals surface area contributed by atoms with Crippen LogP contribution in [-0.2, 0) is 14.8 Å². The maximum Gasteiger partial charge on any atom is 0.251 e. The summed E-state index contributed by atoms with van der Waals surface area (Å²) in [6.07, 6.45) is 1.93. The molecule has 8 nitrogen and oxygen atoms in total. The van der Waals surface area contributed by atoms with Crippen LogP contribution in [0.3, 0.4) is 0 Å². The standard InChI is InChI=1S/C22H25N3O5S/c1-30-19-6-4-5-18(14-19)25-15-17(13-21(25)26)23-22(27)16-7-9-20(10-8-16)31(28,29)24-11-2-3-12-24/h4-10,14,17H,2-3,11-13,15H2,1H3,(H,23,27)/t17-/m0/s1. The van der Waals surface area contributed by atoms with Crippen LogP contribution in [0.2, 0.25) is 0 Å². The number of sulfonamides is 1. The number of hydrogen-bond acceptors (Lipinski definition) is 5. The Morgan fingerprint density at radius 2 is 1.81 bits per heavy atom. The molecule has 2 aliphatic heterocycles. The van der Waals surface area contributed by atoms with Crippen molar-refractivity contribution >= 4 is 27.5 Å². The van der Waals surface area contributed by atoms with Gasteiger partial charge in [-0.3, -0.25) is 9.59 Å². The highest BCUT2D eigenvalue weighted by Crippen LogP contribution is 2.26. The van der Waals surface area contributed by atoms with E-state index < -0.39 is 10.0 Å². The van der Waals surface area contributed by atoms with Crippen molar-refractivity contribution in [2.45, 2.75) is 30.2 Å². The van der Waals surface area contributed by atoms with E-state index in [1.807, 2.05) is 12.1 Å². The lowest BCUT2D eigenvalue weighted by Gasteiger charge is -2.18. The minimum Gasteiger partial charge on any atom is -0.497 e. The fourth-order valence-electron chi connectivity index (χ4n) is 3.96. The fraction of sp³-hybridized carbons (Fsp3) is 0.364. The number of carbonyl (C=O) groups is 2. The zero-order chi connectivity index (χ0) is 22.0. The molecule has 0 radical (unpaired) electrons. The van der Waals surface area contributed by atoms with Gasteiger partial charge in [0.1, 0.15) is 5.75 Å². The molecule has 2 aliphatic rings. The lowest BCUT2D eigenvalue weighted by Crippen LogP contribution is -2.37. The van der Waals surface area contributed by atoms with Crippen molar-refractivity contribution in [3.63, 3.8) is 0 Å². The summed E-state index contributed by atoms with van der Waals surface area (Å²) in [6, 6.07) is 12.8. The molecule has 164 valence electrons. The molecule has 0 aliphatic carbocycles. The van der Waals surface area contributed by atoms with Crippen LogP contribution in [0.4, 0.5) is 5.69 Å². The molecular weight excluding hydrogens is 418 g/mol. The number of nitrogens with zero attached hydrogens (tertiary/aromatic N) is 2. The maximum absolute atomic E-state index is 12.6.